The van der Waals surface area contributed by atoms with E-state index in [1.807, 2.05) is 30.3 Å². The number of benzene rings is 2. The smallest absolute Gasteiger partial charge is 0.416 e. The molecule has 2 aromatic heterocycles. The molecule has 2 heterocycles. The third-order valence-corrected chi connectivity index (χ3v) is 5.16. The van der Waals surface area contributed by atoms with Crippen molar-refractivity contribution in [3.63, 3.8) is 0 Å². The van der Waals surface area contributed by atoms with Gasteiger partial charge in [0.05, 0.1) is 34.6 Å². The minimum Gasteiger partial charge on any atom is -0.493 e. The summed E-state index contributed by atoms with van der Waals surface area (Å²) in [6.07, 6.45) is -2.95. The van der Waals surface area contributed by atoms with Crippen LogP contribution in [0, 0.1) is 5.92 Å². The van der Waals surface area contributed by atoms with E-state index in [0.717, 1.165) is 29.0 Å². The van der Waals surface area contributed by atoms with Crippen molar-refractivity contribution < 1.29 is 27.8 Å². The molecular formula is C26H21F3N2O3. The molecule has 0 saturated carbocycles. The highest BCUT2D eigenvalue weighted by Gasteiger charge is 2.31. The van der Waals surface area contributed by atoms with Crippen LogP contribution in [0.15, 0.2) is 66.9 Å². The van der Waals surface area contributed by atoms with Crippen molar-refractivity contribution in [2.75, 3.05) is 6.61 Å². The number of halogens is 3. The summed E-state index contributed by atoms with van der Waals surface area (Å²) in [7, 11) is 0. The van der Waals surface area contributed by atoms with Crippen molar-refractivity contribution in [2.45, 2.75) is 20.0 Å². The fourth-order valence-corrected chi connectivity index (χ4v) is 3.43. The summed E-state index contributed by atoms with van der Waals surface area (Å²) in [6, 6.07) is 15.2. The zero-order valence-electron chi connectivity index (χ0n) is 18.4. The molecule has 34 heavy (non-hydrogen) atoms. The van der Waals surface area contributed by atoms with Crippen molar-refractivity contribution >= 4 is 16.9 Å². The van der Waals surface area contributed by atoms with Gasteiger partial charge in [-0.25, -0.2) is 9.78 Å². The maximum absolute atomic E-state index is 13.1. The number of pyridine rings is 2. The van der Waals surface area contributed by atoms with E-state index in [2.05, 4.69) is 23.8 Å². The van der Waals surface area contributed by atoms with Gasteiger partial charge < -0.3 is 9.84 Å². The lowest BCUT2D eigenvalue weighted by Gasteiger charge is -2.11. The molecule has 0 aliphatic rings. The normalized spacial score (nSPS) is 11.7. The Balaban J connectivity index is 1.65. The van der Waals surface area contributed by atoms with E-state index in [-0.39, 0.29) is 22.2 Å². The number of aromatic nitrogens is 2. The highest BCUT2D eigenvalue weighted by molar-refractivity contribution is 6.03. The predicted molar refractivity (Wildman–Crippen MR) is 123 cm³/mol. The maximum Gasteiger partial charge on any atom is 0.416 e. The topological polar surface area (TPSA) is 72.3 Å². The Hall–Kier alpha value is -3.94. The van der Waals surface area contributed by atoms with Crippen LogP contribution in [0.3, 0.4) is 0 Å². The molecule has 1 N–H and O–H groups in total. The molecule has 0 atom stereocenters. The van der Waals surface area contributed by atoms with Crippen LogP contribution in [0.5, 0.6) is 5.75 Å². The number of nitrogens with zero attached hydrogens (tertiary/aromatic N) is 2. The number of fused-ring (bicyclic) bond motifs is 1. The minimum absolute atomic E-state index is 0.0810. The van der Waals surface area contributed by atoms with Gasteiger partial charge in [0, 0.05) is 17.1 Å². The van der Waals surface area contributed by atoms with Gasteiger partial charge >= 0.3 is 12.1 Å². The van der Waals surface area contributed by atoms with Crippen LogP contribution < -0.4 is 4.74 Å². The van der Waals surface area contributed by atoms with E-state index in [9.17, 15) is 23.1 Å². The van der Waals surface area contributed by atoms with Crippen LogP contribution in [-0.4, -0.2) is 27.7 Å². The third kappa shape index (κ3) is 5.01. The molecule has 5 nitrogen and oxygen atoms in total. The first-order chi connectivity index (χ1) is 16.1. The third-order valence-electron chi connectivity index (χ3n) is 5.16. The van der Waals surface area contributed by atoms with E-state index in [1.54, 1.807) is 12.3 Å². The standard InChI is InChI=1S/C26H21F3N2O3/c1-15(2)14-34-19-7-3-16(4-8-19)17-5-9-23(30-13-17)24-12-21(25(32)33)20-11-18(26(27,28)29)6-10-22(20)31-24/h3-13,15H,14H2,1-2H3,(H,32,33). The van der Waals surface area contributed by atoms with E-state index >= 15 is 0 Å². The number of carbonyl (C=O) groups is 1. The summed E-state index contributed by atoms with van der Waals surface area (Å²) in [4.78, 5) is 20.5. The zero-order chi connectivity index (χ0) is 24.5. The molecule has 0 saturated heterocycles. The lowest BCUT2D eigenvalue weighted by Crippen LogP contribution is -2.06. The quantitative estimate of drug-likeness (QED) is 0.342. The molecule has 8 heteroatoms. The molecule has 0 aliphatic heterocycles. The van der Waals surface area contributed by atoms with Crippen LogP contribution in [-0.2, 0) is 6.18 Å². The van der Waals surface area contributed by atoms with E-state index in [4.69, 9.17) is 4.74 Å². The SMILES string of the molecule is CC(C)COc1ccc(-c2ccc(-c3cc(C(=O)O)c4cc(C(F)(F)F)ccc4n3)nc2)cc1. The van der Waals surface area contributed by atoms with Gasteiger partial charge in [0.2, 0.25) is 0 Å². The van der Waals surface area contributed by atoms with Crippen molar-refractivity contribution in [1.82, 2.24) is 9.97 Å². The number of rotatable bonds is 6. The lowest BCUT2D eigenvalue weighted by atomic mass is 10.0. The largest absolute Gasteiger partial charge is 0.493 e. The second-order valence-corrected chi connectivity index (χ2v) is 8.25. The summed E-state index contributed by atoms with van der Waals surface area (Å²) in [6.45, 7) is 4.78. The van der Waals surface area contributed by atoms with Gasteiger partial charge in [0.25, 0.3) is 0 Å². The lowest BCUT2D eigenvalue weighted by molar-refractivity contribution is -0.137. The van der Waals surface area contributed by atoms with Crippen molar-refractivity contribution in [1.29, 1.82) is 0 Å². The van der Waals surface area contributed by atoms with Gasteiger partial charge in [-0.1, -0.05) is 32.0 Å². The molecule has 0 spiro atoms. The molecule has 0 unspecified atom stereocenters. The molecule has 0 amide bonds. The molecule has 174 valence electrons. The average molecular weight is 466 g/mol. The maximum atomic E-state index is 13.1. The highest BCUT2D eigenvalue weighted by atomic mass is 19.4. The number of carboxylic acids is 1. The van der Waals surface area contributed by atoms with Gasteiger partial charge in [-0.15, -0.1) is 0 Å². The molecule has 4 rings (SSSR count). The van der Waals surface area contributed by atoms with Gasteiger partial charge in [-0.05, 0) is 53.9 Å². The summed E-state index contributed by atoms with van der Waals surface area (Å²) >= 11 is 0. The number of hydrogen-bond acceptors (Lipinski definition) is 4. The Bertz CT molecular complexity index is 1330. The van der Waals surface area contributed by atoms with E-state index < -0.39 is 17.7 Å². The van der Waals surface area contributed by atoms with E-state index in [0.29, 0.717) is 18.2 Å². The minimum atomic E-state index is -4.58. The summed E-state index contributed by atoms with van der Waals surface area (Å²) < 4.78 is 44.9. The Kier molecular flexibility index (Phi) is 6.24. The molecule has 0 bridgehead atoms. The second-order valence-electron chi connectivity index (χ2n) is 8.25. The van der Waals surface area contributed by atoms with Crippen LogP contribution in [0.1, 0.15) is 29.8 Å². The summed E-state index contributed by atoms with van der Waals surface area (Å²) in [5, 5.41) is 9.51. The Morgan fingerprint density at radius 3 is 2.26 bits per heavy atom. The van der Waals surface area contributed by atoms with Crippen molar-refractivity contribution in [3.05, 3.63) is 78.0 Å². The van der Waals surface area contributed by atoms with Crippen molar-refractivity contribution in [3.8, 4) is 28.3 Å². The molecule has 4 aromatic rings. The Morgan fingerprint density at radius 1 is 0.971 bits per heavy atom. The predicted octanol–water partition coefficient (Wildman–Crippen LogP) is 6.72. The highest BCUT2D eigenvalue weighted by Crippen LogP contribution is 2.33. The monoisotopic (exact) mass is 466 g/mol. The van der Waals surface area contributed by atoms with Gasteiger partial charge in [0.1, 0.15) is 5.75 Å². The molecular weight excluding hydrogens is 445 g/mol. The fourth-order valence-electron chi connectivity index (χ4n) is 3.43. The van der Waals surface area contributed by atoms with Crippen LogP contribution >= 0.6 is 0 Å². The number of hydrogen-bond donors (Lipinski definition) is 1. The fraction of sp³-hybridized carbons (Fsp3) is 0.192. The van der Waals surface area contributed by atoms with Gasteiger partial charge in [-0.3, -0.25) is 4.98 Å². The second kappa shape index (κ2) is 9.13. The first-order valence-electron chi connectivity index (χ1n) is 10.6. The number of aromatic carboxylic acids is 1. The first kappa shape index (κ1) is 23.2. The van der Waals surface area contributed by atoms with Crippen LogP contribution in [0.2, 0.25) is 0 Å². The molecule has 2 aromatic carbocycles. The van der Waals surface area contributed by atoms with Gasteiger partial charge in [0.15, 0.2) is 0 Å². The Morgan fingerprint density at radius 2 is 1.68 bits per heavy atom. The number of alkyl halides is 3. The number of ether oxygens (including phenoxy) is 1. The van der Waals surface area contributed by atoms with E-state index in [1.165, 1.54) is 12.1 Å². The van der Waals surface area contributed by atoms with Gasteiger partial charge in [-0.2, -0.15) is 13.2 Å². The Labute approximate surface area is 193 Å². The van der Waals surface area contributed by atoms with Crippen molar-refractivity contribution in [2.24, 2.45) is 5.92 Å². The average Bonchev–Trinajstić information content (AvgIpc) is 2.81. The van der Waals surface area contributed by atoms with Crippen LogP contribution in [0.4, 0.5) is 13.2 Å². The number of carboxylic acid groups (broad SMARTS) is 1. The molecule has 0 radical (unpaired) electrons. The first-order valence-corrected chi connectivity index (χ1v) is 10.6. The van der Waals surface area contributed by atoms with Crippen LogP contribution in [0.25, 0.3) is 33.4 Å². The summed E-state index contributed by atoms with van der Waals surface area (Å²) in [5.74, 6) is -0.143. The summed E-state index contributed by atoms with van der Waals surface area (Å²) in [5.41, 5.74) is 1.38. The zero-order valence-corrected chi connectivity index (χ0v) is 18.4. The molecule has 0 aliphatic carbocycles. The molecule has 0 fully saturated rings.